The zero-order chi connectivity index (χ0) is 10.6. The van der Waals surface area contributed by atoms with Crippen LogP contribution in [0.5, 0.6) is 0 Å². The van der Waals surface area contributed by atoms with Crippen LogP contribution in [0, 0.1) is 11.3 Å². The van der Waals surface area contributed by atoms with E-state index in [1.54, 1.807) is 13.1 Å². The van der Waals surface area contributed by atoms with Gasteiger partial charge in [-0.15, -0.1) is 0 Å². The first-order chi connectivity index (χ1) is 6.53. The van der Waals surface area contributed by atoms with Crippen LogP contribution in [0.25, 0.3) is 0 Å². The van der Waals surface area contributed by atoms with Gasteiger partial charge in [-0.2, -0.15) is 10.4 Å². The molecule has 8 heteroatoms. The van der Waals surface area contributed by atoms with Crippen molar-refractivity contribution in [1.82, 2.24) is 19.5 Å². The highest BCUT2D eigenvalue weighted by Crippen LogP contribution is 1.90. The van der Waals surface area contributed by atoms with Gasteiger partial charge in [0.1, 0.15) is 6.33 Å². The van der Waals surface area contributed by atoms with E-state index in [-0.39, 0.29) is 6.54 Å². The molecule has 1 N–H and O–H groups in total. The van der Waals surface area contributed by atoms with Crippen LogP contribution in [0.15, 0.2) is 6.33 Å². The Morgan fingerprint density at radius 2 is 2.43 bits per heavy atom. The van der Waals surface area contributed by atoms with Gasteiger partial charge in [0, 0.05) is 7.05 Å². The highest BCUT2D eigenvalue weighted by molar-refractivity contribution is 7.89. The number of nitrogens with one attached hydrogen (secondary N) is 1. The van der Waals surface area contributed by atoms with Crippen LogP contribution in [0.1, 0.15) is 5.82 Å². The molecule has 1 heterocycles. The van der Waals surface area contributed by atoms with Crippen LogP contribution in [-0.2, 0) is 23.6 Å². The van der Waals surface area contributed by atoms with Gasteiger partial charge in [-0.25, -0.2) is 18.1 Å². The molecule has 0 spiro atoms. The van der Waals surface area contributed by atoms with Crippen LogP contribution in [0.3, 0.4) is 0 Å². The zero-order valence-corrected chi connectivity index (χ0v) is 8.32. The number of sulfonamides is 1. The Morgan fingerprint density at radius 3 is 2.93 bits per heavy atom. The maximum atomic E-state index is 11.0. The second-order valence-electron chi connectivity index (χ2n) is 2.57. The van der Waals surface area contributed by atoms with Gasteiger partial charge in [-0.3, -0.25) is 4.68 Å². The predicted molar refractivity (Wildman–Crippen MR) is 47.2 cm³/mol. The Kier molecular flexibility index (Phi) is 3.16. The van der Waals surface area contributed by atoms with Crippen molar-refractivity contribution in [1.29, 1.82) is 5.26 Å². The van der Waals surface area contributed by atoms with Crippen molar-refractivity contribution < 1.29 is 8.42 Å². The third-order valence-corrected chi connectivity index (χ3v) is 2.45. The summed E-state index contributed by atoms with van der Waals surface area (Å²) >= 11 is 0. The third kappa shape index (κ3) is 3.12. The molecule has 0 aliphatic heterocycles. The van der Waals surface area contributed by atoms with E-state index in [9.17, 15) is 8.42 Å². The van der Waals surface area contributed by atoms with Crippen LogP contribution in [-0.4, -0.2) is 28.9 Å². The fourth-order valence-electron chi connectivity index (χ4n) is 0.775. The molecule has 14 heavy (non-hydrogen) atoms. The second kappa shape index (κ2) is 4.17. The van der Waals surface area contributed by atoms with Crippen LogP contribution in [0.4, 0.5) is 0 Å². The fourth-order valence-corrected chi connectivity index (χ4v) is 1.40. The Balaban J connectivity index is 2.54. The average molecular weight is 215 g/mol. The summed E-state index contributed by atoms with van der Waals surface area (Å²) in [7, 11) is -1.84. The summed E-state index contributed by atoms with van der Waals surface area (Å²) in [6, 6.07) is 1.55. The van der Waals surface area contributed by atoms with Gasteiger partial charge in [0.15, 0.2) is 11.6 Å². The smallest absolute Gasteiger partial charge is 0.225 e. The summed E-state index contributed by atoms with van der Waals surface area (Å²) < 4.78 is 25.7. The molecule has 0 radical (unpaired) electrons. The first kappa shape index (κ1) is 10.6. The van der Waals surface area contributed by atoms with Gasteiger partial charge < -0.3 is 0 Å². The van der Waals surface area contributed by atoms with Crippen molar-refractivity contribution in [3.8, 4) is 6.07 Å². The lowest BCUT2D eigenvalue weighted by molar-refractivity contribution is 0.582. The molecular formula is C6H9N5O2S. The third-order valence-electron chi connectivity index (χ3n) is 1.35. The fraction of sp³-hybridized carbons (Fsp3) is 0.500. The molecule has 0 aromatic carbocycles. The second-order valence-corrected chi connectivity index (χ2v) is 4.38. The van der Waals surface area contributed by atoms with Gasteiger partial charge >= 0.3 is 0 Å². The van der Waals surface area contributed by atoms with E-state index in [2.05, 4.69) is 14.8 Å². The molecule has 0 amide bonds. The molecule has 0 aliphatic rings. The van der Waals surface area contributed by atoms with Crippen molar-refractivity contribution in [3.63, 3.8) is 0 Å². The maximum absolute atomic E-state index is 11.0. The predicted octanol–water partition coefficient (Wildman–Crippen LogP) is -1.24. The van der Waals surface area contributed by atoms with E-state index < -0.39 is 15.8 Å². The van der Waals surface area contributed by atoms with Crippen LogP contribution in [0.2, 0.25) is 0 Å². The summed E-state index contributed by atoms with van der Waals surface area (Å²) in [4.78, 5) is 3.82. The van der Waals surface area contributed by atoms with Crippen LogP contribution < -0.4 is 4.72 Å². The van der Waals surface area contributed by atoms with Gasteiger partial charge in [0.05, 0.1) is 12.6 Å². The summed E-state index contributed by atoms with van der Waals surface area (Å²) in [5, 5.41) is 12.1. The molecule has 1 aromatic heterocycles. The standard InChI is InChI=1S/C6H9N5O2S/c1-11-5-8-6(10-11)4-9-14(12,13)3-2-7/h5,9H,3-4H2,1H3. The monoisotopic (exact) mass is 215 g/mol. The Bertz CT molecular complexity index is 443. The number of nitrogens with zero attached hydrogens (tertiary/aromatic N) is 4. The summed E-state index contributed by atoms with van der Waals surface area (Å²) in [5.74, 6) is -0.186. The van der Waals surface area contributed by atoms with Gasteiger partial charge in [-0.05, 0) is 0 Å². The van der Waals surface area contributed by atoms with Gasteiger partial charge in [0.2, 0.25) is 10.0 Å². The number of nitriles is 1. The highest BCUT2D eigenvalue weighted by atomic mass is 32.2. The average Bonchev–Trinajstić information content (AvgIpc) is 2.48. The largest absolute Gasteiger partial charge is 0.256 e. The van der Waals surface area contributed by atoms with Crippen LogP contribution >= 0.6 is 0 Å². The number of rotatable bonds is 4. The molecule has 0 bridgehead atoms. The molecule has 76 valence electrons. The molecule has 0 aliphatic carbocycles. The van der Waals surface area contributed by atoms with Gasteiger partial charge in [-0.1, -0.05) is 0 Å². The quantitative estimate of drug-likeness (QED) is 0.676. The van der Waals surface area contributed by atoms with Crippen molar-refractivity contribution in [3.05, 3.63) is 12.2 Å². The van der Waals surface area contributed by atoms with Crippen molar-refractivity contribution in [2.24, 2.45) is 7.05 Å². The molecule has 0 unspecified atom stereocenters. The Labute approximate surface area is 81.4 Å². The lowest BCUT2D eigenvalue weighted by atomic mass is 10.6. The first-order valence-corrected chi connectivity index (χ1v) is 5.37. The van der Waals surface area contributed by atoms with E-state index in [1.165, 1.54) is 11.0 Å². The summed E-state index contributed by atoms with van der Waals surface area (Å²) in [6.45, 7) is 0.00481. The van der Waals surface area contributed by atoms with Gasteiger partial charge in [0.25, 0.3) is 0 Å². The van der Waals surface area contributed by atoms with E-state index in [1.807, 2.05) is 0 Å². The SMILES string of the molecule is Cn1cnc(CNS(=O)(=O)CC#N)n1. The number of hydrogen-bond acceptors (Lipinski definition) is 5. The minimum atomic E-state index is -3.52. The Morgan fingerprint density at radius 1 is 1.71 bits per heavy atom. The lowest BCUT2D eigenvalue weighted by Gasteiger charge is -1.98. The summed E-state index contributed by atoms with van der Waals surface area (Å²) in [5.41, 5.74) is 0. The van der Waals surface area contributed by atoms with E-state index in [0.29, 0.717) is 5.82 Å². The molecule has 0 saturated carbocycles. The van der Waals surface area contributed by atoms with E-state index in [0.717, 1.165) is 0 Å². The topological polar surface area (TPSA) is 101 Å². The zero-order valence-electron chi connectivity index (χ0n) is 7.51. The molecule has 0 atom stereocenters. The number of hydrogen-bond donors (Lipinski definition) is 1. The molecule has 7 nitrogen and oxygen atoms in total. The molecule has 1 aromatic rings. The molecular weight excluding hydrogens is 206 g/mol. The minimum Gasteiger partial charge on any atom is -0.256 e. The van der Waals surface area contributed by atoms with Crippen molar-refractivity contribution in [2.45, 2.75) is 6.54 Å². The molecule has 0 saturated heterocycles. The normalized spacial score (nSPS) is 11.1. The molecule has 0 fully saturated rings. The lowest BCUT2D eigenvalue weighted by Crippen LogP contribution is -2.25. The number of aryl methyl sites for hydroxylation is 1. The first-order valence-electron chi connectivity index (χ1n) is 3.72. The number of aromatic nitrogens is 3. The highest BCUT2D eigenvalue weighted by Gasteiger charge is 2.09. The molecule has 1 rings (SSSR count). The maximum Gasteiger partial charge on any atom is 0.225 e. The van der Waals surface area contributed by atoms with Crippen molar-refractivity contribution in [2.75, 3.05) is 5.75 Å². The summed E-state index contributed by atoms with van der Waals surface area (Å²) in [6.07, 6.45) is 1.47. The Hall–Kier alpha value is -1.46. The van der Waals surface area contributed by atoms with E-state index in [4.69, 9.17) is 5.26 Å². The minimum absolute atomic E-state index is 0.00481. The van der Waals surface area contributed by atoms with E-state index >= 15 is 0 Å². The van der Waals surface area contributed by atoms with Crippen molar-refractivity contribution >= 4 is 10.0 Å².